The molecular weight excluding hydrogens is 324 g/mol. The summed E-state index contributed by atoms with van der Waals surface area (Å²) in [5.41, 5.74) is 10.5. The van der Waals surface area contributed by atoms with E-state index in [1.54, 1.807) is 0 Å². The van der Waals surface area contributed by atoms with Gasteiger partial charge in [-0.15, -0.1) is 0 Å². The molecule has 0 amide bonds. The van der Waals surface area contributed by atoms with E-state index >= 15 is 0 Å². The largest absolute Gasteiger partial charge is 0.370 e. The number of aliphatic imine (C=N–C) groups is 1. The number of likely N-dealkylation sites (N-methyl/N-ethyl adjacent to an activating group) is 1. The summed E-state index contributed by atoms with van der Waals surface area (Å²) in [7, 11) is 2.15. The molecule has 2 heterocycles. The van der Waals surface area contributed by atoms with Gasteiger partial charge in [-0.2, -0.15) is 0 Å². The van der Waals surface area contributed by atoms with Crippen LogP contribution in [0.2, 0.25) is 0 Å². The first kappa shape index (κ1) is 18.2. The fourth-order valence-electron chi connectivity index (χ4n) is 2.92. The van der Waals surface area contributed by atoms with Crippen LogP contribution in [0.5, 0.6) is 0 Å². The van der Waals surface area contributed by atoms with E-state index in [1.165, 1.54) is 11.1 Å². The molecule has 0 unspecified atom stereocenters. The number of piperazine rings is 1. The molecule has 0 aliphatic carbocycles. The minimum Gasteiger partial charge on any atom is -0.370 e. The third-order valence-corrected chi connectivity index (χ3v) is 4.85. The Morgan fingerprint density at radius 2 is 1.88 bits per heavy atom. The van der Waals surface area contributed by atoms with E-state index in [-0.39, 0.29) is 0 Å². The van der Waals surface area contributed by atoms with Crippen molar-refractivity contribution in [3.8, 4) is 0 Å². The van der Waals surface area contributed by atoms with Gasteiger partial charge in [-0.25, -0.2) is 9.98 Å². The number of hydrogen-bond acceptors (Lipinski definition) is 4. The smallest absolute Gasteiger partial charge is 0.193 e. The highest BCUT2D eigenvalue weighted by atomic mass is 15.3. The number of nitrogens with two attached hydrogens (primary N) is 1. The van der Waals surface area contributed by atoms with Gasteiger partial charge in [0.1, 0.15) is 5.82 Å². The number of nitrogens with one attached hydrogen (secondary N) is 1. The lowest BCUT2D eigenvalue weighted by Crippen LogP contribution is -2.44. The molecule has 26 heavy (non-hydrogen) atoms. The van der Waals surface area contributed by atoms with Crippen LogP contribution >= 0.6 is 0 Å². The Hall–Kier alpha value is -2.60. The molecule has 0 bridgehead atoms. The van der Waals surface area contributed by atoms with E-state index in [2.05, 4.69) is 70.3 Å². The van der Waals surface area contributed by atoms with E-state index in [4.69, 9.17) is 5.73 Å². The lowest BCUT2D eigenvalue weighted by Gasteiger charge is -2.33. The van der Waals surface area contributed by atoms with Gasteiger partial charge < -0.3 is 20.9 Å². The number of guanidine groups is 1. The minimum absolute atomic E-state index is 0.413. The van der Waals surface area contributed by atoms with Crippen molar-refractivity contribution in [1.29, 1.82) is 0 Å². The van der Waals surface area contributed by atoms with Crippen molar-refractivity contribution in [2.45, 2.75) is 20.4 Å². The number of anilines is 2. The molecule has 0 radical (unpaired) electrons. The van der Waals surface area contributed by atoms with Gasteiger partial charge in [-0.05, 0) is 55.8 Å². The predicted molar refractivity (Wildman–Crippen MR) is 109 cm³/mol. The van der Waals surface area contributed by atoms with Crippen LogP contribution in [0.1, 0.15) is 16.7 Å². The highest BCUT2D eigenvalue weighted by Gasteiger charge is 2.14. The third kappa shape index (κ3) is 4.73. The molecule has 6 nitrogen and oxygen atoms in total. The number of aromatic nitrogens is 1. The Bertz CT molecular complexity index is 760. The maximum atomic E-state index is 6.01. The van der Waals surface area contributed by atoms with Crippen LogP contribution in [-0.4, -0.2) is 49.1 Å². The van der Waals surface area contributed by atoms with E-state index in [0.29, 0.717) is 12.5 Å². The third-order valence-electron chi connectivity index (χ3n) is 4.85. The van der Waals surface area contributed by atoms with Gasteiger partial charge in [0, 0.05) is 38.1 Å². The lowest BCUT2D eigenvalue weighted by atomic mass is 10.1. The van der Waals surface area contributed by atoms with Gasteiger partial charge in [0.25, 0.3) is 0 Å². The number of benzene rings is 1. The fraction of sp³-hybridized carbons (Fsp3) is 0.400. The Labute approximate surface area is 155 Å². The fourth-order valence-corrected chi connectivity index (χ4v) is 2.92. The molecule has 3 N–H and O–H groups in total. The molecule has 6 heteroatoms. The van der Waals surface area contributed by atoms with Crippen molar-refractivity contribution in [2.24, 2.45) is 10.7 Å². The second kappa shape index (κ2) is 8.19. The first-order valence-electron chi connectivity index (χ1n) is 9.04. The van der Waals surface area contributed by atoms with Crippen molar-refractivity contribution in [3.05, 3.63) is 53.2 Å². The SMILES string of the molecule is Cc1ccc(NC(N)=NCc2ccc(N3CCN(C)CC3)nc2)cc1C. The quantitative estimate of drug-likeness (QED) is 0.653. The number of hydrogen-bond donors (Lipinski definition) is 2. The molecule has 138 valence electrons. The van der Waals surface area contributed by atoms with Crippen LogP contribution in [0.4, 0.5) is 11.5 Å². The molecule has 0 saturated carbocycles. The van der Waals surface area contributed by atoms with Crippen LogP contribution < -0.4 is 16.0 Å². The molecule has 1 aromatic carbocycles. The van der Waals surface area contributed by atoms with Crippen molar-refractivity contribution >= 4 is 17.5 Å². The van der Waals surface area contributed by atoms with E-state index in [9.17, 15) is 0 Å². The summed E-state index contributed by atoms with van der Waals surface area (Å²) in [5.74, 6) is 1.45. The zero-order valence-corrected chi connectivity index (χ0v) is 15.9. The zero-order valence-electron chi connectivity index (χ0n) is 15.9. The lowest BCUT2D eigenvalue weighted by molar-refractivity contribution is 0.312. The summed E-state index contributed by atoms with van der Waals surface area (Å²) in [5, 5.41) is 3.14. The van der Waals surface area contributed by atoms with Crippen molar-refractivity contribution in [2.75, 3.05) is 43.4 Å². The predicted octanol–water partition coefficient (Wildman–Crippen LogP) is 2.38. The molecule has 1 aromatic heterocycles. The average Bonchev–Trinajstić information content (AvgIpc) is 2.64. The molecule has 1 fully saturated rings. The van der Waals surface area contributed by atoms with Crippen LogP contribution in [0, 0.1) is 13.8 Å². The normalized spacial score (nSPS) is 16.0. The summed E-state index contributed by atoms with van der Waals surface area (Å²) < 4.78 is 0. The maximum Gasteiger partial charge on any atom is 0.193 e. The van der Waals surface area contributed by atoms with Crippen molar-refractivity contribution in [1.82, 2.24) is 9.88 Å². The second-order valence-electron chi connectivity index (χ2n) is 6.94. The molecule has 3 rings (SSSR count). The van der Waals surface area contributed by atoms with Gasteiger partial charge >= 0.3 is 0 Å². The zero-order chi connectivity index (χ0) is 18.5. The highest BCUT2D eigenvalue weighted by Crippen LogP contribution is 2.15. The number of aryl methyl sites for hydroxylation is 2. The van der Waals surface area contributed by atoms with Crippen molar-refractivity contribution < 1.29 is 0 Å². The Balaban J connectivity index is 1.56. The van der Waals surface area contributed by atoms with Crippen LogP contribution in [-0.2, 0) is 6.54 Å². The second-order valence-corrected chi connectivity index (χ2v) is 6.94. The first-order valence-corrected chi connectivity index (χ1v) is 9.04. The van der Waals surface area contributed by atoms with Crippen LogP contribution in [0.3, 0.4) is 0 Å². The monoisotopic (exact) mass is 352 g/mol. The van der Waals surface area contributed by atoms with Gasteiger partial charge in [-0.1, -0.05) is 12.1 Å². The summed E-state index contributed by atoms with van der Waals surface area (Å²) in [6, 6.07) is 10.3. The molecule has 1 aliphatic rings. The topological polar surface area (TPSA) is 69.8 Å². The highest BCUT2D eigenvalue weighted by molar-refractivity contribution is 5.92. The van der Waals surface area contributed by atoms with Gasteiger partial charge in [0.05, 0.1) is 6.54 Å². The van der Waals surface area contributed by atoms with E-state index < -0.39 is 0 Å². The van der Waals surface area contributed by atoms with E-state index in [1.807, 2.05) is 12.3 Å². The van der Waals surface area contributed by atoms with Gasteiger partial charge in [-0.3, -0.25) is 0 Å². The molecular formula is C20H28N6. The van der Waals surface area contributed by atoms with E-state index in [0.717, 1.165) is 43.2 Å². The van der Waals surface area contributed by atoms with Crippen LogP contribution in [0.15, 0.2) is 41.5 Å². The Kier molecular flexibility index (Phi) is 5.73. The van der Waals surface area contributed by atoms with Gasteiger partial charge in [0.2, 0.25) is 0 Å². The van der Waals surface area contributed by atoms with Crippen molar-refractivity contribution in [3.63, 3.8) is 0 Å². The van der Waals surface area contributed by atoms with Crippen LogP contribution in [0.25, 0.3) is 0 Å². The standard InChI is InChI=1S/C20H28N6/c1-15-4-6-18(12-16(15)2)24-20(21)23-14-17-5-7-19(22-13-17)26-10-8-25(3)9-11-26/h4-7,12-13H,8-11,14H2,1-3H3,(H3,21,23,24). The molecule has 0 spiro atoms. The summed E-state index contributed by atoms with van der Waals surface area (Å²) in [6.07, 6.45) is 1.89. The minimum atomic E-state index is 0.413. The van der Waals surface area contributed by atoms with Gasteiger partial charge in [0.15, 0.2) is 5.96 Å². The summed E-state index contributed by atoms with van der Waals surface area (Å²) in [4.78, 5) is 13.7. The summed E-state index contributed by atoms with van der Waals surface area (Å²) >= 11 is 0. The molecule has 1 aliphatic heterocycles. The molecule has 1 saturated heterocycles. The summed E-state index contributed by atoms with van der Waals surface area (Å²) in [6.45, 7) is 8.89. The number of nitrogens with zero attached hydrogens (tertiary/aromatic N) is 4. The Morgan fingerprint density at radius 3 is 2.54 bits per heavy atom. The Morgan fingerprint density at radius 1 is 1.12 bits per heavy atom. The maximum absolute atomic E-state index is 6.01. The number of rotatable bonds is 4. The average molecular weight is 352 g/mol. The first-order chi connectivity index (χ1) is 12.5. The molecule has 2 aromatic rings. The number of pyridine rings is 1. The molecule has 0 atom stereocenters.